The van der Waals surface area contributed by atoms with Crippen LogP contribution in [0.15, 0.2) is 11.6 Å². The number of allylic oxidation sites excluding steroid dienone is 1. The van der Waals surface area contributed by atoms with E-state index >= 15 is 0 Å². The predicted octanol–water partition coefficient (Wildman–Crippen LogP) is 3.37. The molecule has 19 atom stereocenters. The summed E-state index contributed by atoms with van der Waals surface area (Å²) in [5.41, 5.74) is -1.88. The van der Waals surface area contributed by atoms with E-state index in [1.807, 2.05) is 13.8 Å². The van der Waals surface area contributed by atoms with E-state index in [9.17, 15) is 24.9 Å². The van der Waals surface area contributed by atoms with Crippen LogP contribution in [-0.4, -0.2) is 126 Å². The van der Waals surface area contributed by atoms with Gasteiger partial charge >= 0.3 is 5.97 Å². The second-order valence-corrected chi connectivity index (χ2v) is 17.6. The Balaban J connectivity index is 1.06. The number of Topliss-reactive ketones (excluding diaryl/α,β-unsaturated/α-hetero) is 1. The summed E-state index contributed by atoms with van der Waals surface area (Å²) < 4.78 is 49.7. The zero-order valence-corrected chi connectivity index (χ0v) is 32.8. The van der Waals surface area contributed by atoms with Gasteiger partial charge in [0.15, 0.2) is 12.6 Å². The van der Waals surface area contributed by atoms with Gasteiger partial charge in [-0.25, -0.2) is 4.79 Å². The van der Waals surface area contributed by atoms with Crippen LogP contribution in [-0.2, 0) is 47.5 Å². The first-order valence-electron chi connectivity index (χ1n) is 19.8. The number of rotatable bonds is 9. The summed E-state index contributed by atoms with van der Waals surface area (Å²) >= 11 is 0. The SMILES string of the molecule is C/C=C(/C)C(=O)O[C@@H]1[C@@H](O)[C@]2(C)[C@@H](C(C)=O)CC[C@@]23O[C@]32CC[C@H]3C[C@@H](O[C@H]4C[C@@H](OC)[C@H](O[C@@H]5O[C@H](C)[C@@H](O)[C@@H](OC)[C@H]5O)[C@@H](C)O4)CC[C@]3(C)[C@@H]12. The third-order valence-corrected chi connectivity index (χ3v) is 15.3. The van der Waals surface area contributed by atoms with Crippen molar-refractivity contribution in [3.8, 4) is 0 Å². The number of carbonyl (C=O) groups excluding carboxylic acids is 2. The van der Waals surface area contributed by atoms with Crippen LogP contribution in [0, 0.1) is 28.6 Å². The first-order chi connectivity index (χ1) is 25.0. The second kappa shape index (κ2) is 14.1. The van der Waals surface area contributed by atoms with E-state index in [2.05, 4.69) is 6.92 Å². The molecule has 3 N–H and O–H groups in total. The van der Waals surface area contributed by atoms with Crippen molar-refractivity contribution in [3.63, 3.8) is 0 Å². The molecular formula is C40H62O13. The average molecular weight is 751 g/mol. The van der Waals surface area contributed by atoms with Crippen LogP contribution in [0.5, 0.6) is 0 Å². The molecule has 4 aliphatic carbocycles. The molecule has 7 aliphatic rings. The Labute approximate surface area is 313 Å². The Hall–Kier alpha value is -1.52. The van der Waals surface area contributed by atoms with Crippen LogP contribution < -0.4 is 0 Å². The first kappa shape index (κ1) is 39.7. The number of esters is 1. The molecule has 0 radical (unpaired) electrons. The van der Waals surface area contributed by atoms with E-state index in [-0.39, 0.29) is 35.1 Å². The van der Waals surface area contributed by atoms with Crippen molar-refractivity contribution in [3.05, 3.63) is 11.6 Å². The summed E-state index contributed by atoms with van der Waals surface area (Å²) in [4.78, 5) is 26.4. The lowest BCUT2D eigenvalue weighted by Gasteiger charge is -2.61. The maximum atomic E-state index is 13.4. The number of fused-ring (bicyclic) bond motifs is 2. The maximum absolute atomic E-state index is 13.4. The van der Waals surface area contributed by atoms with Gasteiger partial charge in [-0.3, -0.25) is 4.79 Å². The number of hydrogen-bond donors (Lipinski definition) is 3. The van der Waals surface area contributed by atoms with Gasteiger partial charge in [0.05, 0.1) is 24.4 Å². The van der Waals surface area contributed by atoms with Gasteiger partial charge in [-0.15, -0.1) is 0 Å². The third kappa shape index (κ3) is 5.84. The van der Waals surface area contributed by atoms with Crippen molar-refractivity contribution >= 4 is 11.8 Å². The monoisotopic (exact) mass is 750 g/mol. The van der Waals surface area contributed by atoms with Crippen molar-refractivity contribution in [2.75, 3.05) is 14.2 Å². The van der Waals surface area contributed by atoms with Gasteiger partial charge in [-0.05, 0) is 90.9 Å². The Bertz CT molecular complexity index is 1440. The minimum absolute atomic E-state index is 0.0433. The summed E-state index contributed by atoms with van der Waals surface area (Å²) in [5, 5.41) is 33.6. The zero-order chi connectivity index (χ0) is 38.4. The molecule has 7 rings (SSSR count). The van der Waals surface area contributed by atoms with Crippen molar-refractivity contribution in [2.24, 2.45) is 28.6 Å². The number of carbonyl (C=O) groups is 2. The molecule has 13 heteroatoms. The van der Waals surface area contributed by atoms with Crippen LogP contribution in [0.25, 0.3) is 0 Å². The van der Waals surface area contributed by atoms with Crippen LogP contribution >= 0.6 is 0 Å². The fourth-order valence-electron chi connectivity index (χ4n) is 12.3. The van der Waals surface area contributed by atoms with Crippen LogP contribution in [0.2, 0.25) is 0 Å². The lowest BCUT2D eigenvalue weighted by Crippen LogP contribution is -2.70. The quantitative estimate of drug-likeness (QED) is 0.136. The van der Waals surface area contributed by atoms with E-state index in [0.29, 0.717) is 24.8 Å². The van der Waals surface area contributed by atoms with Crippen molar-refractivity contribution in [2.45, 2.75) is 185 Å². The number of aliphatic hydroxyl groups excluding tert-OH is 3. The molecule has 3 aliphatic heterocycles. The van der Waals surface area contributed by atoms with E-state index < -0.39 is 90.1 Å². The van der Waals surface area contributed by atoms with Gasteiger partial charge in [0.1, 0.15) is 53.6 Å². The van der Waals surface area contributed by atoms with Crippen LogP contribution in [0.4, 0.5) is 0 Å². The number of methoxy groups -OCH3 is 2. The summed E-state index contributed by atoms with van der Waals surface area (Å²) in [6, 6.07) is 0. The van der Waals surface area contributed by atoms with E-state index in [0.717, 1.165) is 32.1 Å². The normalized spacial score (nSPS) is 53.5. The largest absolute Gasteiger partial charge is 0.456 e. The topological polar surface area (TPSA) is 172 Å². The Morgan fingerprint density at radius 1 is 0.830 bits per heavy atom. The predicted molar refractivity (Wildman–Crippen MR) is 188 cm³/mol. The molecule has 3 heterocycles. The van der Waals surface area contributed by atoms with Gasteiger partial charge in [0.2, 0.25) is 0 Å². The smallest absolute Gasteiger partial charge is 0.333 e. The lowest BCUT2D eigenvalue weighted by atomic mass is 9.43. The highest BCUT2D eigenvalue weighted by Gasteiger charge is 2.90. The fourth-order valence-corrected chi connectivity index (χ4v) is 12.3. The van der Waals surface area contributed by atoms with E-state index in [4.69, 9.17) is 37.9 Å². The van der Waals surface area contributed by atoms with Gasteiger partial charge < -0.3 is 53.2 Å². The summed E-state index contributed by atoms with van der Waals surface area (Å²) in [7, 11) is 3.05. The van der Waals surface area contributed by atoms with Crippen LogP contribution in [0.1, 0.15) is 99.8 Å². The Morgan fingerprint density at radius 3 is 2.23 bits per heavy atom. The standard InChI is InChI=1S/C40H62O13/c1-10-19(2)35(45)51-32-33-37(6)14-12-24(17-23(37)11-15-39(33)40(53-39)16-13-25(20(3)41)38(40,7)34(32)44)50-27-18-26(46-8)30(22(5)48-27)52-36-29(43)31(47-9)28(42)21(4)49-36/h10,21-34,36,42-44H,11-18H2,1-9H3/b19-10-/t21-,22-,23+,24+,25-,26-,27+,28-,29-,30-,31-,32+,33-,34-,36+,37+,38+,39+,40-/m1/s1. The average Bonchev–Trinajstić information content (AvgIpc) is 3.67. The highest BCUT2D eigenvalue weighted by atomic mass is 16.7. The number of hydrogen-bond acceptors (Lipinski definition) is 13. The number of ketones is 1. The highest BCUT2D eigenvalue weighted by molar-refractivity contribution is 5.88. The molecule has 0 amide bonds. The molecule has 7 fully saturated rings. The molecule has 4 saturated carbocycles. The molecule has 53 heavy (non-hydrogen) atoms. The van der Waals surface area contributed by atoms with Gasteiger partial charge in [-0.2, -0.15) is 0 Å². The molecule has 3 saturated heterocycles. The molecule has 0 aromatic heterocycles. The maximum Gasteiger partial charge on any atom is 0.333 e. The summed E-state index contributed by atoms with van der Waals surface area (Å²) in [6.07, 6.45) is -1.16. The molecule has 13 nitrogen and oxygen atoms in total. The molecular weight excluding hydrogens is 688 g/mol. The Morgan fingerprint density at radius 2 is 1.57 bits per heavy atom. The molecule has 300 valence electrons. The molecule has 0 aromatic rings. The second-order valence-electron chi connectivity index (χ2n) is 17.6. The highest BCUT2D eigenvalue weighted by Crippen LogP contribution is 2.81. The third-order valence-electron chi connectivity index (χ3n) is 15.3. The first-order valence-corrected chi connectivity index (χ1v) is 19.8. The molecule has 0 aromatic carbocycles. The molecule has 2 spiro atoms. The van der Waals surface area contributed by atoms with E-state index in [1.165, 1.54) is 7.11 Å². The summed E-state index contributed by atoms with van der Waals surface area (Å²) in [6.45, 7) is 13.0. The molecule has 0 bridgehead atoms. The Kier molecular flexibility index (Phi) is 10.6. The number of aliphatic hydroxyl groups is 3. The lowest BCUT2D eigenvalue weighted by molar-refractivity contribution is -0.343. The van der Waals surface area contributed by atoms with Gasteiger partial charge in [0.25, 0.3) is 0 Å². The minimum atomic E-state index is -1.20. The molecule has 0 unspecified atom stereocenters. The fraction of sp³-hybridized carbons (Fsp3) is 0.900. The van der Waals surface area contributed by atoms with Crippen molar-refractivity contribution < 1.29 is 62.8 Å². The van der Waals surface area contributed by atoms with Gasteiger partial charge in [-0.1, -0.05) is 19.9 Å². The van der Waals surface area contributed by atoms with Gasteiger partial charge in [0, 0.05) is 43.5 Å². The summed E-state index contributed by atoms with van der Waals surface area (Å²) in [5.74, 6) is -0.791. The van der Waals surface area contributed by atoms with Crippen LogP contribution in [0.3, 0.4) is 0 Å². The number of epoxide rings is 1. The number of ether oxygens (including phenoxy) is 8. The van der Waals surface area contributed by atoms with Crippen molar-refractivity contribution in [1.29, 1.82) is 0 Å². The zero-order valence-electron chi connectivity index (χ0n) is 32.8. The minimum Gasteiger partial charge on any atom is -0.456 e. The van der Waals surface area contributed by atoms with Crippen molar-refractivity contribution in [1.82, 2.24) is 0 Å². The van der Waals surface area contributed by atoms with E-state index in [1.54, 1.807) is 40.9 Å².